The number of methoxy groups -OCH3 is 1. The molecule has 1 heterocycles. The van der Waals surface area contributed by atoms with Gasteiger partial charge in [0, 0.05) is 6.20 Å². The van der Waals surface area contributed by atoms with E-state index in [0.29, 0.717) is 0 Å². The Morgan fingerprint density at radius 1 is 1.69 bits per heavy atom. The molecule has 0 aliphatic rings. The van der Waals surface area contributed by atoms with E-state index < -0.39 is 12.0 Å². The molecule has 1 rings (SSSR count). The Hall–Kier alpha value is -1.37. The summed E-state index contributed by atoms with van der Waals surface area (Å²) < 4.78 is 6.70. The first kappa shape index (κ1) is 12.7. The van der Waals surface area contributed by atoms with Crippen molar-refractivity contribution in [3.05, 3.63) is 16.9 Å². The number of rotatable bonds is 4. The summed E-state index contributed by atoms with van der Waals surface area (Å²) >= 11 is 3.23. The number of carbonyl (C=O) groups excluding carboxylic acids is 2. The topological polar surface area (TPSA) is 73.2 Å². The van der Waals surface area contributed by atoms with Crippen LogP contribution in [0.5, 0.6) is 0 Å². The highest BCUT2D eigenvalue weighted by Crippen LogP contribution is 2.11. The van der Waals surface area contributed by atoms with Crippen molar-refractivity contribution in [3.8, 4) is 0 Å². The molecule has 0 aliphatic carbocycles. The first-order valence-corrected chi connectivity index (χ1v) is 5.38. The van der Waals surface area contributed by atoms with Crippen LogP contribution < -0.4 is 5.32 Å². The molecule has 7 heteroatoms. The highest BCUT2D eigenvalue weighted by Gasteiger charge is 2.16. The maximum absolute atomic E-state index is 11.6. The molecule has 0 saturated heterocycles. The minimum absolute atomic E-state index is 0.137. The molecule has 1 atom stereocenters. The third-order valence-corrected chi connectivity index (χ3v) is 2.39. The van der Waals surface area contributed by atoms with Gasteiger partial charge in [-0.15, -0.1) is 0 Å². The Morgan fingerprint density at radius 3 is 2.88 bits per heavy atom. The maximum Gasteiger partial charge on any atom is 0.325 e. The van der Waals surface area contributed by atoms with Crippen molar-refractivity contribution in [2.75, 3.05) is 13.7 Å². The summed E-state index contributed by atoms with van der Waals surface area (Å²) in [7, 11) is 1.27. The molecular formula is C9H12BrN3O3. The Balaban J connectivity index is 2.51. The SMILES string of the molecule is COC(=O)CNC(=O)C(C)n1cc(Br)cn1. The standard InChI is InChI=1S/C9H12BrN3O3/c1-6(13-5-7(10)3-12-13)9(15)11-4-8(14)16-2/h3,5-6H,4H2,1-2H3,(H,11,15). The van der Waals surface area contributed by atoms with Gasteiger partial charge in [0.25, 0.3) is 0 Å². The molecule has 0 aromatic carbocycles. The van der Waals surface area contributed by atoms with E-state index in [1.807, 2.05) is 0 Å². The lowest BCUT2D eigenvalue weighted by Crippen LogP contribution is -2.35. The number of esters is 1. The van der Waals surface area contributed by atoms with Crippen molar-refractivity contribution >= 4 is 27.8 Å². The fourth-order valence-electron chi connectivity index (χ4n) is 1.03. The lowest BCUT2D eigenvalue weighted by Gasteiger charge is -2.11. The van der Waals surface area contributed by atoms with Gasteiger partial charge in [-0.2, -0.15) is 5.10 Å². The van der Waals surface area contributed by atoms with Crippen LogP contribution in [0.2, 0.25) is 0 Å². The fourth-order valence-corrected chi connectivity index (χ4v) is 1.33. The zero-order chi connectivity index (χ0) is 12.1. The molecule has 6 nitrogen and oxygen atoms in total. The summed E-state index contributed by atoms with van der Waals surface area (Å²) in [6, 6.07) is -0.476. The number of nitrogens with zero attached hydrogens (tertiary/aromatic N) is 2. The lowest BCUT2D eigenvalue weighted by atomic mass is 10.3. The molecule has 1 aromatic heterocycles. The first-order chi connectivity index (χ1) is 7.54. The van der Waals surface area contributed by atoms with E-state index in [-0.39, 0.29) is 12.5 Å². The fraction of sp³-hybridized carbons (Fsp3) is 0.444. The second kappa shape index (κ2) is 5.64. The van der Waals surface area contributed by atoms with Crippen LogP contribution in [0.4, 0.5) is 0 Å². The van der Waals surface area contributed by atoms with Crippen molar-refractivity contribution < 1.29 is 14.3 Å². The van der Waals surface area contributed by atoms with Gasteiger partial charge in [0.2, 0.25) is 5.91 Å². The highest BCUT2D eigenvalue weighted by atomic mass is 79.9. The van der Waals surface area contributed by atoms with E-state index in [2.05, 4.69) is 31.1 Å². The number of aromatic nitrogens is 2. The zero-order valence-corrected chi connectivity index (χ0v) is 10.5. The van der Waals surface area contributed by atoms with Crippen molar-refractivity contribution in [2.45, 2.75) is 13.0 Å². The van der Waals surface area contributed by atoms with E-state index >= 15 is 0 Å². The van der Waals surface area contributed by atoms with Gasteiger partial charge in [0.15, 0.2) is 0 Å². The molecule has 88 valence electrons. The number of hydrogen-bond donors (Lipinski definition) is 1. The molecule has 0 fully saturated rings. The van der Waals surface area contributed by atoms with E-state index in [4.69, 9.17) is 0 Å². The first-order valence-electron chi connectivity index (χ1n) is 4.58. The van der Waals surface area contributed by atoms with E-state index in [1.54, 1.807) is 19.3 Å². The van der Waals surface area contributed by atoms with Crippen molar-refractivity contribution in [1.29, 1.82) is 0 Å². The molecule has 16 heavy (non-hydrogen) atoms. The van der Waals surface area contributed by atoms with Gasteiger partial charge in [-0.05, 0) is 22.9 Å². The monoisotopic (exact) mass is 289 g/mol. The van der Waals surface area contributed by atoms with Crippen molar-refractivity contribution in [1.82, 2.24) is 15.1 Å². The van der Waals surface area contributed by atoms with Gasteiger partial charge in [0.1, 0.15) is 12.6 Å². The number of halogens is 1. The number of hydrogen-bond acceptors (Lipinski definition) is 4. The van der Waals surface area contributed by atoms with E-state index in [1.165, 1.54) is 11.8 Å². The smallest absolute Gasteiger partial charge is 0.325 e. The van der Waals surface area contributed by atoms with E-state index in [9.17, 15) is 9.59 Å². The van der Waals surface area contributed by atoms with E-state index in [0.717, 1.165) is 4.47 Å². The molecule has 0 bridgehead atoms. The largest absolute Gasteiger partial charge is 0.468 e. The molecule has 0 spiro atoms. The van der Waals surface area contributed by atoms with Crippen LogP contribution in [0, 0.1) is 0 Å². The minimum Gasteiger partial charge on any atom is -0.468 e. The quantitative estimate of drug-likeness (QED) is 0.819. The zero-order valence-electron chi connectivity index (χ0n) is 8.94. The van der Waals surface area contributed by atoms with Gasteiger partial charge in [0.05, 0.1) is 17.8 Å². The van der Waals surface area contributed by atoms with Crippen LogP contribution in [0.25, 0.3) is 0 Å². The third kappa shape index (κ3) is 3.34. The van der Waals surface area contributed by atoms with Gasteiger partial charge >= 0.3 is 5.97 Å². The van der Waals surface area contributed by atoms with Gasteiger partial charge < -0.3 is 10.1 Å². The summed E-state index contributed by atoms with van der Waals surface area (Å²) in [6.45, 7) is 1.55. The Morgan fingerprint density at radius 2 is 2.38 bits per heavy atom. The average molecular weight is 290 g/mol. The molecule has 1 N–H and O–H groups in total. The van der Waals surface area contributed by atoms with Gasteiger partial charge in [-0.25, -0.2) is 0 Å². The number of amides is 1. The number of carbonyl (C=O) groups is 2. The normalized spacial score (nSPS) is 11.9. The van der Waals surface area contributed by atoms with Crippen molar-refractivity contribution in [2.24, 2.45) is 0 Å². The van der Waals surface area contributed by atoms with Crippen LogP contribution in [0.3, 0.4) is 0 Å². The van der Waals surface area contributed by atoms with Crippen LogP contribution >= 0.6 is 15.9 Å². The Kier molecular flexibility index (Phi) is 4.48. The number of ether oxygens (including phenoxy) is 1. The minimum atomic E-state index is -0.484. The summed E-state index contributed by atoms with van der Waals surface area (Å²) in [5, 5.41) is 6.43. The van der Waals surface area contributed by atoms with Gasteiger partial charge in [-0.1, -0.05) is 0 Å². The average Bonchev–Trinajstić information content (AvgIpc) is 2.71. The van der Waals surface area contributed by atoms with Crippen LogP contribution in [0.15, 0.2) is 16.9 Å². The summed E-state index contributed by atoms with van der Waals surface area (Å²) in [5.41, 5.74) is 0. The summed E-state index contributed by atoms with van der Waals surface area (Å²) in [5.74, 6) is -0.775. The molecule has 1 amide bonds. The molecule has 1 aromatic rings. The molecular weight excluding hydrogens is 278 g/mol. The molecule has 0 aliphatic heterocycles. The van der Waals surface area contributed by atoms with Crippen molar-refractivity contribution in [3.63, 3.8) is 0 Å². The van der Waals surface area contributed by atoms with Gasteiger partial charge in [-0.3, -0.25) is 14.3 Å². The third-order valence-electron chi connectivity index (χ3n) is 1.98. The second-order valence-electron chi connectivity index (χ2n) is 3.11. The Labute approximate surface area is 101 Å². The molecule has 1 unspecified atom stereocenters. The highest BCUT2D eigenvalue weighted by molar-refractivity contribution is 9.10. The maximum atomic E-state index is 11.6. The summed E-state index contributed by atoms with van der Waals surface area (Å²) in [6.07, 6.45) is 3.27. The van der Waals surface area contributed by atoms with Crippen LogP contribution in [-0.2, 0) is 14.3 Å². The van der Waals surface area contributed by atoms with Crippen LogP contribution in [-0.4, -0.2) is 35.3 Å². The molecule has 0 saturated carbocycles. The number of nitrogens with one attached hydrogen (secondary N) is 1. The lowest BCUT2D eigenvalue weighted by molar-refractivity contribution is -0.141. The summed E-state index contributed by atoms with van der Waals surface area (Å²) in [4.78, 5) is 22.4. The Bertz CT molecular complexity index is 391. The predicted octanol–water partition coefficient (Wildman–Crippen LogP) is 0.496. The molecule has 0 radical (unpaired) electrons. The van der Waals surface area contributed by atoms with Crippen LogP contribution in [0.1, 0.15) is 13.0 Å². The predicted molar refractivity (Wildman–Crippen MR) is 59.7 cm³/mol. The second-order valence-corrected chi connectivity index (χ2v) is 4.02.